The zero-order chi connectivity index (χ0) is 18.9. The third-order valence-electron chi connectivity index (χ3n) is 3.26. The van der Waals surface area contributed by atoms with E-state index in [1.165, 1.54) is 6.21 Å². The largest absolute Gasteiger partial charge is 0.490 e. The first-order chi connectivity index (χ1) is 12.5. The fraction of sp³-hybridized carbons (Fsp3) is 0.105. The van der Waals surface area contributed by atoms with E-state index in [0.29, 0.717) is 23.1 Å². The number of rotatable bonds is 6. The van der Waals surface area contributed by atoms with Gasteiger partial charge in [-0.05, 0) is 54.4 Å². The molecule has 0 aliphatic carbocycles. The second-order valence-electron chi connectivity index (χ2n) is 5.29. The molecule has 0 atom stereocenters. The third-order valence-corrected chi connectivity index (χ3v) is 3.67. The van der Waals surface area contributed by atoms with Gasteiger partial charge in [0.25, 0.3) is 0 Å². The van der Waals surface area contributed by atoms with Crippen LogP contribution in [0, 0.1) is 6.92 Å². The number of ether oxygens (including phenoxy) is 1. The first-order valence-corrected chi connectivity index (χ1v) is 8.11. The molecule has 7 heteroatoms. The molecule has 134 valence electrons. The monoisotopic (exact) mass is 371 g/mol. The lowest BCUT2D eigenvalue weighted by molar-refractivity contribution is -0.136. The Bertz CT molecular complexity index is 832. The van der Waals surface area contributed by atoms with Gasteiger partial charge in [-0.2, -0.15) is 5.10 Å². The second kappa shape index (κ2) is 9.39. The predicted molar refractivity (Wildman–Crippen MR) is 103 cm³/mol. The number of nitrogens with one attached hydrogen (secondary N) is 2. The van der Waals surface area contributed by atoms with Gasteiger partial charge in [0.15, 0.2) is 0 Å². The summed E-state index contributed by atoms with van der Waals surface area (Å²) in [7, 11) is 0. The molecular formula is C19H18ClN3O3. The van der Waals surface area contributed by atoms with Crippen molar-refractivity contribution in [1.82, 2.24) is 5.43 Å². The van der Waals surface area contributed by atoms with Crippen LogP contribution in [0.5, 0.6) is 5.75 Å². The van der Waals surface area contributed by atoms with E-state index in [-0.39, 0.29) is 0 Å². The summed E-state index contributed by atoms with van der Waals surface area (Å²) < 4.78 is 5.36. The summed E-state index contributed by atoms with van der Waals surface area (Å²) in [6, 6.07) is 12.0. The highest BCUT2D eigenvalue weighted by molar-refractivity contribution is 6.39. The van der Waals surface area contributed by atoms with Crippen molar-refractivity contribution in [2.24, 2.45) is 5.10 Å². The van der Waals surface area contributed by atoms with Crippen LogP contribution in [0.4, 0.5) is 5.69 Å². The minimum atomic E-state index is -0.885. The average Bonchev–Trinajstić information content (AvgIpc) is 2.64. The van der Waals surface area contributed by atoms with Gasteiger partial charge in [0, 0.05) is 10.7 Å². The Morgan fingerprint density at radius 3 is 2.58 bits per heavy atom. The zero-order valence-electron chi connectivity index (χ0n) is 14.2. The normalized spacial score (nSPS) is 10.4. The van der Waals surface area contributed by atoms with Gasteiger partial charge in [0.2, 0.25) is 0 Å². The van der Waals surface area contributed by atoms with Crippen molar-refractivity contribution < 1.29 is 14.3 Å². The molecule has 0 aliphatic rings. The van der Waals surface area contributed by atoms with E-state index in [2.05, 4.69) is 22.4 Å². The van der Waals surface area contributed by atoms with E-state index in [9.17, 15) is 9.59 Å². The highest BCUT2D eigenvalue weighted by Gasteiger charge is 2.13. The molecule has 26 heavy (non-hydrogen) atoms. The number of carbonyl (C=O) groups excluding carboxylic acids is 2. The molecule has 6 nitrogen and oxygen atoms in total. The van der Waals surface area contributed by atoms with Crippen molar-refractivity contribution in [2.75, 3.05) is 11.9 Å². The molecule has 0 radical (unpaired) electrons. The summed E-state index contributed by atoms with van der Waals surface area (Å²) in [6.07, 6.45) is 3.08. The molecule has 2 aromatic carbocycles. The maximum Gasteiger partial charge on any atom is 0.329 e. The van der Waals surface area contributed by atoms with Gasteiger partial charge in [0.1, 0.15) is 12.4 Å². The first kappa shape index (κ1) is 19.2. The van der Waals surface area contributed by atoms with Gasteiger partial charge >= 0.3 is 11.8 Å². The Kier molecular flexibility index (Phi) is 6.93. The van der Waals surface area contributed by atoms with Crippen molar-refractivity contribution in [3.63, 3.8) is 0 Å². The second-order valence-corrected chi connectivity index (χ2v) is 5.69. The molecule has 0 bridgehead atoms. The molecule has 2 amide bonds. The lowest BCUT2D eigenvalue weighted by Crippen LogP contribution is -2.32. The van der Waals surface area contributed by atoms with Crippen LogP contribution in [-0.4, -0.2) is 24.6 Å². The Balaban J connectivity index is 1.86. The van der Waals surface area contributed by atoms with Gasteiger partial charge < -0.3 is 10.1 Å². The number of halogens is 1. The van der Waals surface area contributed by atoms with Crippen molar-refractivity contribution in [1.29, 1.82) is 0 Å². The Labute approximate surface area is 156 Å². The summed E-state index contributed by atoms with van der Waals surface area (Å²) in [5, 5.41) is 6.71. The SMILES string of the molecule is C=CCOc1ccc(/C=N\NC(=O)C(=O)Nc2ccc(C)c(Cl)c2)cc1. The van der Waals surface area contributed by atoms with Crippen molar-refractivity contribution in [2.45, 2.75) is 6.92 Å². The molecule has 0 spiro atoms. The van der Waals surface area contributed by atoms with E-state index in [0.717, 1.165) is 11.1 Å². The summed E-state index contributed by atoms with van der Waals surface area (Å²) in [5.41, 5.74) is 4.21. The van der Waals surface area contributed by atoms with Crippen molar-refractivity contribution >= 4 is 35.3 Å². The number of anilines is 1. The Morgan fingerprint density at radius 2 is 1.92 bits per heavy atom. The van der Waals surface area contributed by atoms with Crippen LogP contribution in [0.25, 0.3) is 0 Å². The lowest BCUT2D eigenvalue weighted by atomic mass is 10.2. The maximum absolute atomic E-state index is 11.8. The number of aryl methyl sites for hydroxylation is 1. The molecule has 2 N–H and O–H groups in total. The van der Waals surface area contributed by atoms with Crippen LogP contribution in [0.2, 0.25) is 5.02 Å². The number of hydrazone groups is 1. The third kappa shape index (κ3) is 5.75. The number of hydrogen-bond acceptors (Lipinski definition) is 4. The topological polar surface area (TPSA) is 79.8 Å². The molecule has 0 saturated heterocycles. The summed E-state index contributed by atoms with van der Waals surface area (Å²) >= 11 is 5.98. The van der Waals surface area contributed by atoms with Crippen molar-refractivity contribution in [3.05, 3.63) is 71.3 Å². The molecule has 2 aromatic rings. The molecule has 2 rings (SSSR count). The molecule has 0 unspecified atom stereocenters. The number of benzene rings is 2. The summed E-state index contributed by atoms with van der Waals surface area (Å²) in [4.78, 5) is 23.6. The van der Waals surface area contributed by atoms with Crippen LogP contribution in [0.3, 0.4) is 0 Å². The fourth-order valence-corrected chi connectivity index (χ4v) is 2.06. The molecule has 0 aromatic heterocycles. The number of nitrogens with zero attached hydrogens (tertiary/aromatic N) is 1. The van der Waals surface area contributed by atoms with Crippen LogP contribution >= 0.6 is 11.6 Å². The standard InChI is InChI=1S/C19H18ClN3O3/c1-3-10-26-16-8-5-14(6-9-16)12-21-23-19(25)18(24)22-15-7-4-13(2)17(20)11-15/h3-9,11-12H,1,10H2,2H3,(H,22,24)(H,23,25)/b21-12-. The summed E-state index contributed by atoms with van der Waals surface area (Å²) in [5.74, 6) is -1.03. The van der Waals surface area contributed by atoms with E-state index >= 15 is 0 Å². The number of carbonyl (C=O) groups is 2. The quantitative estimate of drug-likeness (QED) is 0.354. The average molecular weight is 372 g/mol. The molecule has 0 aliphatic heterocycles. The number of amides is 2. The van der Waals surface area contributed by atoms with Gasteiger partial charge in [0.05, 0.1) is 6.21 Å². The van der Waals surface area contributed by atoms with Gasteiger partial charge in [-0.25, -0.2) is 5.43 Å². The van der Waals surface area contributed by atoms with E-state index in [1.807, 2.05) is 6.92 Å². The van der Waals surface area contributed by atoms with Crippen molar-refractivity contribution in [3.8, 4) is 5.75 Å². The van der Waals surface area contributed by atoms with Gasteiger partial charge in [-0.1, -0.05) is 30.3 Å². The van der Waals surface area contributed by atoms with Gasteiger partial charge in [-0.15, -0.1) is 0 Å². The molecular weight excluding hydrogens is 354 g/mol. The molecule has 0 fully saturated rings. The highest BCUT2D eigenvalue weighted by Crippen LogP contribution is 2.19. The van der Waals surface area contributed by atoms with Crippen LogP contribution in [-0.2, 0) is 9.59 Å². The van der Waals surface area contributed by atoms with Crippen LogP contribution in [0.15, 0.2) is 60.2 Å². The minimum absolute atomic E-state index is 0.421. The van der Waals surface area contributed by atoms with E-state index in [4.69, 9.17) is 16.3 Å². The molecule has 0 saturated carbocycles. The first-order valence-electron chi connectivity index (χ1n) is 7.74. The van der Waals surface area contributed by atoms with E-state index in [1.54, 1.807) is 48.5 Å². The maximum atomic E-state index is 11.8. The lowest BCUT2D eigenvalue weighted by Gasteiger charge is -2.05. The van der Waals surface area contributed by atoms with Crippen LogP contribution in [0.1, 0.15) is 11.1 Å². The highest BCUT2D eigenvalue weighted by atomic mass is 35.5. The fourth-order valence-electron chi connectivity index (χ4n) is 1.88. The van der Waals surface area contributed by atoms with E-state index < -0.39 is 11.8 Å². The van der Waals surface area contributed by atoms with Gasteiger partial charge in [-0.3, -0.25) is 9.59 Å². The Morgan fingerprint density at radius 1 is 1.19 bits per heavy atom. The van der Waals surface area contributed by atoms with Crippen LogP contribution < -0.4 is 15.5 Å². The minimum Gasteiger partial charge on any atom is -0.490 e. The molecule has 0 heterocycles. The smallest absolute Gasteiger partial charge is 0.329 e. The Hall–Kier alpha value is -3.12. The number of hydrogen-bond donors (Lipinski definition) is 2. The predicted octanol–water partition coefficient (Wildman–Crippen LogP) is 3.30. The summed E-state index contributed by atoms with van der Waals surface area (Å²) in [6.45, 7) is 5.84. The zero-order valence-corrected chi connectivity index (χ0v) is 14.9.